The Balaban J connectivity index is 4.42. The molecule has 0 aromatic carbocycles. The van der Waals surface area contributed by atoms with Gasteiger partial charge in [-0.2, -0.15) is 0 Å². The first-order valence-electron chi connectivity index (χ1n) is 12.1. The molecule has 9 heteroatoms. The van der Waals surface area contributed by atoms with Gasteiger partial charge in [0.05, 0.1) is 12.2 Å². The van der Waals surface area contributed by atoms with Crippen molar-refractivity contribution in [1.82, 2.24) is 0 Å². The Bertz CT molecular complexity index is 522. The third-order valence-electron chi connectivity index (χ3n) is 5.23. The minimum absolute atomic E-state index is 0.328. The standard InChI is InChI=1S/C22H48O7P2/c1-6-7-8-9-10-11-12-13-14-15-16-17-18-19-22(23,30(24,25)28-20(2)3)31(26,27)29-21(4)5/h20-21,23H,6-19H2,1-5H3,(H,24,25)(H,26,27). The lowest BCUT2D eigenvalue weighted by molar-refractivity contribution is 0.0774. The van der Waals surface area contributed by atoms with Crippen LogP contribution >= 0.6 is 15.2 Å². The molecule has 0 saturated carbocycles. The largest absolute Gasteiger partial charge is 0.372 e. The van der Waals surface area contributed by atoms with Gasteiger partial charge in [-0.05, 0) is 40.5 Å². The lowest BCUT2D eigenvalue weighted by Gasteiger charge is -2.35. The van der Waals surface area contributed by atoms with Crippen molar-refractivity contribution in [2.24, 2.45) is 0 Å². The van der Waals surface area contributed by atoms with E-state index in [1.165, 1.54) is 79.1 Å². The van der Waals surface area contributed by atoms with Gasteiger partial charge >= 0.3 is 15.2 Å². The molecule has 0 aliphatic rings. The molecule has 0 saturated heterocycles. The van der Waals surface area contributed by atoms with Crippen LogP contribution < -0.4 is 0 Å². The van der Waals surface area contributed by atoms with Crippen molar-refractivity contribution < 1.29 is 33.1 Å². The molecule has 0 aromatic rings. The molecule has 0 rings (SSSR count). The summed E-state index contributed by atoms with van der Waals surface area (Å²) in [6, 6.07) is 0. The van der Waals surface area contributed by atoms with Gasteiger partial charge in [-0.25, -0.2) is 0 Å². The molecule has 0 heterocycles. The lowest BCUT2D eigenvalue weighted by Crippen LogP contribution is -2.32. The zero-order valence-electron chi connectivity index (χ0n) is 20.4. The number of rotatable bonds is 20. The predicted molar refractivity (Wildman–Crippen MR) is 127 cm³/mol. The van der Waals surface area contributed by atoms with E-state index in [0.717, 1.165) is 19.3 Å². The van der Waals surface area contributed by atoms with Crippen LogP contribution in [0.2, 0.25) is 0 Å². The van der Waals surface area contributed by atoms with Crippen molar-refractivity contribution in [3.63, 3.8) is 0 Å². The van der Waals surface area contributed by atoms with E-state index in [0.29, 0.717) is 12.8 Å². The van der Waals surface area contributed by atoms with Crippen molar-refractivity contribution in [2.45, 2.75) is 142 Å². The highest BCUT2D eigenvalue weighted by Gasteiger charge is 2.62. The van der Waals surface area contributed by atoms with Crippen molar-refractivity contribution in [1.29, 1.82) is 0 Å². The summed E-state index contributed by atoms with van der Waals surface area (Å²) in [5, 5.41) is 8.04. The van der Waals surface area contributed by atoms with Gasteiger partial charge in [-0.15, -0.1) is 0 Å². The van der Waals surface area contributed by atoms with Crippen LogP contribution in [0.1, 0.15) is 125 Å². The first-order valence-corrected chi connectivity index (χ1v) is 15.3. The van der Waals surface area contributed by atoms with E-state index < -0.39 is 32.5 Å². The Hall–Kier alpha value is 0.260. The van der Waals surface area contributed by atoms with Gasteiger partial charge in [-0.3, -0.25) is 9.13 Å². The van der Waals surface area contributed by atoms with E-state index in [4.69, 9.17) is 9.05 Å². The van der Waals surface area contributed by atoms with E-state index in [1.807, 2.05) is 0 Å². The molecular weight excluding hydrogens is 438 g/mol. The Labute approximate surface area is 190 Å². The fraction of sp³-hybridized carbons (Fsp3) is 1.00. The molecule has 0 bridgehead atoms. The quantitative estimate of drug-likeness (QED) is 0.122. The molecule has 0 amide bonds. The summed E-state index contributed by atoms with van der Waals surface area (Å²) in [5.74, 6) is 0. The Morgan fingerprint density at radius 3 is 1.23 bits per heavy atom. The molecule has 0 aliphatic heterocycles. The molecule has 0 aliphatic carbocycles. The third-order valence-corrected chi connectivity index (χ3v) is 10.4. The normalized spacial score (nSPS) is 18.1. The molecule has 0 spiro atoms. The first kappa shape index (κ1) is 31.3. The van der Waals surface area contributed by atoms with Gasteiger partial charge in [0.1, 0.15) is 0 Å². The van der Waals surface area contributed by atoms with Crippen LogP contribution in [0.3, 0.4) is 0 Å². The second kappa shape index (κ2) is 16.0. The second-order valence-electron chi connectivity index (χ2n) is 9.12. The number of unbranched alkanes of at least 4 members (excludes halogenated alkanes) is 12. The summed E-state index contributed by atoms with van der Waals surface area (Å²) in [6.07, 6.45) is 12.8. The highest BCUT2D eigenvalue weighted by Crippen LogP contribution is 2.74. The Kier molecular flexibility index (Phi) is 16.1. The van der Waals surface area contributed by atoms with E-state index in [-0.39, 0.29) is 6.42 Å². The summed E-state index contributed by atoms with van der Waals surface area (Å²) < 4.78 is 35.4. The summed E-state index contributed by atoms with van der Waals surface area (Å²) in [4.78, 5) is 20.6. The van der Waals surface area contributed by atoms with Crippen molar-refractivity contribution in [3.05, 3.63) is 0 Å². The van der Waals surface area contributed by atoms with Gasteiger partial charge < -0.3 is 23.9 Å². The van der Waals surface area contributed by atoms with Crippen molar-refractivity contribution >= 4 is 15.2 Å². The van der Waals surface area contributed by atoms with Gasteiger partial charge in [0.25, 0.3) is 5.08 Å². The van der Waals surface area contributed by atoms with Gasteiger partial charge in [0.15, 0.2) is 0 Å². The average molecular weight is 487 g/mol. The van der Waals surface area contributed by atoms with Gasteiger partial charge in [0, 0.05) is 0 Å². The van der Waals surface area contributed by atoms with Crippen LogP contribution in [0.15, 0.2) is 0 Å². The highest BCUT2D eigenvalue weighted by molar-refractivity contribution is 7.72. The second-order valence-corrected chi connectivity index (χ2v) is 13.5. The zero-order valence-corrected chi connectivity index (χ0v) is 22.2. The maximum Gasteiger partial charge on any atom is 0.372 e. The first-order chi connectivity index (χ1) is 14.4. The SMILES string of the molecule is CCCCCCCCCCCCCCCC(O)(P(=O)(O)OC(C)C)P(=O)(O)OC(C)C. The molecule has 2 atom stereocenters. The van der Waals surface area contributed by atoms with Crippen molar-refractivity contribution in [3.8, 4) is 0 Å². The Morgan fingerprint density at radius 2 is 0.935 bits per heavy atom. The molecule has 0 aromatic heterocycles. The molecule has 31 heavy (non-hydrogen) atoms. The summed E-state index contributed by atoms with van der Waals surface area (Å²) >= 11 is 0. The maximum absolute atomic E-state index is 12.7. The molecular formula is C22H48O7P2. The molecule has 0 radical (unpaired) electrons. The van der Waals surface area contributed by atoms with Gasteiger partial charge in [-0.1, -0.05) is 84.0 Å². The van der Waals surface area contributed by atoms with E-state index in [1.54, 1.807) is 0 Å². The van der Waals surface area contributed by atoms with Crippen LogP contribution in [0.4, 0.5) is 0 Å². The van der Waals surface area contributed by atoms with Crippen LogP contribution in [-0.2, 0) is 18.2 Å². The summed E-state index contributed by atoms with van der Waals surface area (Å²) in [5.41, 5.74) is 0. The molecule has 7 nitrogen and oxygen atoms in total. The minimum atomic E-state index is -4.82. The van der Waals surface area contributed by atoms with E-state index in [9.17, 15) is 24.0 Å². The lowest BCUT2D eigenvalue weighted by atomic mass is 10.0. The van der Waals surface area contributed by atoms with Crippen LogP contribution in [-0.4, -0.2) is 32.2 Å². The Morgan fingerprint density at radius 1 is 0.645 bits per heavy atom. The van der Waals surface area contributed by atoms with E-state index >= 15 is 0 Å². The predicted octanol–water partition coefficient (Wildman–Crippen LogP) is 7.33. The fourth-order valence-corrected chi connectivity index (χ4v) is 7.48. The van der Waals surface area contributed by atoms with Crippen LogP contribution in [0.25, 0.3) is 0 Å². The average Bonchev–Trinajstić information content (AvgIpc) is 2.63. The highest BCUT2D eigenvalue weighted by atomic mass is 31.2. The molecule has 188 valence electrons. The van der Waals surface area contributed by atoms with Crippen LogP contribution in [0.5, 0.6) is 0 Å². The number of hydrogen-bond donors (Lipinski definition) is 3. The molecule has 2 unspecified atom stereocenters. The smallest absolute Gasteiger partial charge is 0.368 e. The van der Waals surface area contributed by atoms with Crippen LogP contribution in [0, 0.1) is 0 Å². The summed E-state index contributed by atoms with van der Waals surface area (Å²) in [6.45, 7) is 8.34. The number of aliphatic hydroxyl groups is 1. The van der Waals surface area contributed by atoms with E-state index in [2.05, 4.69) is 6.92 Å². The van der Waals surface area contributed by atoms with Crippen molar-refractivity contribution in [2.75, 3.05) is 0 Å². The topological polar surface area (TPSA) is 113 Å². The zero-order chi connectivity index (χ0) is 24.0. The molecule has 0 fully saturated rings. The maximum atomic E-state index is 12.7. The minimum Gasteiger partial charge on any atom is -0.368 e. The fourth-order valence-electron chi connectivity index (χ4n) is 3.56. The molecule has 3 N–H and O–H groups in total. The third kappa shape index (κ3) is 12.3. The summed E-state index contributed by atoms with van der Waals surface area (Å²) in [7, 11) is -9.63. The monoisotopic (exact) mass is 486 g/mol. The number of hydrogen-bond acceptors (Lipinski definition) is 5. The van der Waals surface area contributed by atoms with Gasteiger partial charge in [0.2, 0.25) is 0 Å².